The van der Waals surface area contributed by atoms with E-state index in [0.29, 0.717) is 22.3 Å². The average Bonchev–Trinajstić information content (AvgIpc) is 2.98. The first-order chi connectivity index (χ1) is 12.4. The molecule has 1 heterocycles. The third-order valence-electron chi connectivity index (χ3n) is 3.99. The molecule has 0 radical (unpaired) electrons. The van der Waals surface area contributed by atoms with Crippen LogP contribution in [0.25, 0.3) is 0 Å². The number of benzene rings is 2. The van der Waals surface area contributed by atoms with Gasteiger partial charge in [0, 0.05) is 23.5 Å². The van der Waals surface area contributed by atoms with E-state index in [4.69, 9.17) is 0 Å². The first-order valence-electron chi connectivity index (χ1n) is 7.84. The molecule has 0 aliphatic carbocycles. The van der Waals surface area contributed by atoms with E-state index < -0.39 is 17.5 Å². The Balaban J connectivity index is 1.64. The molecule has 1 N–H and O–H groups in total. The van der Waals surface area contributed by atoms with Gasteiger partial charge in [0.15, 0.2) is 0 Å². The summed E-state index contributed by atoms with van der Waals surface area (Å²) in [4.78, 5) is 26.2. The minimum atomic E-state index is -2.51. The Labute approximate surface area is 152 Å². The third-order valence-corrected chi connectivity index (χ3v) is 4.71. The third kappa shape index (κ3) is 4.19. The van der Waals surface area contributed by atoms with Crippen LogP contribution in [0.5, 0.6) is 0 Å². The molecule has 0 spiro atoms. The van der Waals surface area contributed by atoms with Crippen LogP contribution in [0.2, 0.25) is 0 Å². The van der Waals surface area contributed by atoms with Gasteiger partial charge in [-0.2, -0.15) is 8.78 Å². The van der Waals surface area contributed by atoms with Crippen molar-refractivity contribution in [3.05, 3.63) is 54.3 Å². The minimum absolute atomic E-state index is 0.0144. The van der Waals surface area contributed by atoms with E-state index in [1.54, 1.807) is 6.07 Å². The summed E-state index contributed by atoms with van der Waals surface area (Å²) in [6, 6.07) is 11.9. The second kappa shape index (κ2) is 7.82. The maximum atomic E-state index is 13.9. The molecule has 1 atom stereocenters. The molecular weight excluding hydrogens is 365 g/mol. The summed E-state index contributed by atoms with van der Waals surface area (Å²) in [7, 11) is 0. The number of thioether (sulfide) groups is 1. The molecule has 0 saturated carbocycles. The number of para-hydroxylation sites is 1. The first-order valence-corrected chi connectivity index (χ1v) is 8.72. The van der Waals surface area contributed by atoms with Crippen molar-refractivity contribution in [2.24, 2.45) is 5.92 Å². The quantitative estimate of drug-likeness (QED) is 0.794. The standard InChI is InChI=1S/C18H15F3N2O2S/c19-14-3-1-2-4-15(14)23-10-11(9-16(23)24)17(25)22-12-5-7-13(8-6-12)26-18(20)21/h1-8,11,18H,9-10H2,(H,22,25)/t11-/m1/s1. The Kier molecular flexibility index (Phi) is 5.51. The maximum Gasteiger partial charge on any atom is 0.288 e. The van der Waals surface area contributed by atoms with Gasteiger partial charge in [0.25, 0.3) is 5.76 Å². The van der Waals surface area contributed by atoms with Gasteiger partial charge in [-0.25, -0.2) is 4.39 Å². The highest BCUT2D eigenvalue weighted by Gasteiger charge is 2.36. The SMILES string of the molecule is O=C(Nc1ccc(SC(F)F)cc1)[C@@H]1CC(=O)N(c2ccccc2F)C1. The summed E-state index contributed by atoms with van der Waals surface area (Å²) in [6.07, 6.45) is -0.0144. The lowest BCUT2D eigenvalue weighted by Crippen LogP contribution is -2.28. The van der Waals surface area contributed by atoms with Crippen molar-refractivity contribution in [2.45, 2.75) is 17.1 Å². The number of hydrogen-bond acceptors (Lipinski definition) is 3. The van der Waals surface area contributed by atoms with Gasteiger partial charge in [-0.1, -0.05) is 23.9 Å². The smallest absolute Gasteiger partial charge is 0.288 e. The number of nitrogens with zero attached hydrogens (tertiary/aromatic N) is 1. The van der Waals surface area contributed by atoms with Gasteiger partial charge in [-0.3, -0.25) is 9.59 Å². The van der Waals surface area contributed by atoms with Gasteiger partial charge in [0.2, 0.25) is 11.8 Å². The van der Waals surface area contributed by atoms with Crippen LogP contribution in [0.15, 0.2) is 53.4 Å². The van der Waals surface area contributed by atoms with Crippen molar-refractivity contribution in [3.63, 3.8) is 0 Å². The monoisotopic (exact) mass is 380 g/mol. The molecule has 1 aliphatic heterocycles. The lowest BCUT2D eigenvalue weighted by atomic mass is 10.1. The number of halogens is 3. The van der Waals surface area contributed by atoms with Gasteiger partial charge in [-0.15, -0.1) is 0 Å². The molecule has 1 fully saturated rings. The minimum Gasteiger partial charge on any atom is -0.326 e. The fourth-order valence-electron chi connectivity index (χ4n) is 2.75. The number of carbonyl (C=O) groups is 2. The fourth-order valence-corrected chi connectivity index (χ4v) is 3.25. The van der Waals surface area contributed by atoms with E-state index >= 15 is 0 Å². The maximum absolute atomic E-state index is 13.9. The molecule has 2 amide bonds. The molecule has 0 unspecified atom stereocenters. The summed E-state index contributed by atoms with van der Waals surface area (Å²) in [6.45, 7) is 0.0882. The van der Waals surface area contributed by atoms with Gasteiger partial charge >= 0.3 is 0 Å². The zero-order valence-electron chi connectivity index (χ0n) is 13.5. The van der Waals surface area contributed by atoms with Crippen molar-refractivity contribution in [3.8, 4) is 0 Å². The molecule has 1 aliphatic rings. The Bertz CT molecular complexity index is 814. The number of anilines is 2. The molecular formula is C18H15F3N2O2S. The lowest BCUT2D eigenvalue weighted by Gasteiger charge is -2.17. The number of nitrogens with one attached hydrogen (secondary N) is 1. The van der Waals surface area contributed by atoms with Crippen LogP contribution in [0.4, 0.5) is 24.5 Å². The molecule has 1 saturated heterocycles. The van der Waals surface area contributed by atoms with Crippen molar-refractivity contribution >= 4 is 35.0 Å². The van der Waals surface area contributed by atoms with Gasteiger partial charge in [-0.05, 0) is 36.4 Å². The Morgan fingerprint density at radius 2 is 1.85 bits per heavy atom. The zero-order chi connectivity index (χ0) is 18.7. The fraction of sp³-hybridized carbons (Fsp3) is 0.222. The number of rotatable bonds is 5. The Hall–Kier alpha value is -2.48. The Morgan fingerprint density at radius 3 is 2.50 bits per heavy atom. The molecule has 26 heavy (non-hydrogen) atoms. The zero-order valence-corrected chi connectivity index (χ0v) is 14.3. The van der Waals surface area contributed by atoms with E-state index in [1.807, 2.05) is 0 Å². The average molecular weight is 380 g/mol. The Morgan fingerprint density at radius 1 is 1.15 bits per heavy atom. The van der Waals surface area contributed by atoms with Crippen molar-refractivity contribution < 1.29 is 22.8 Å². The summed E-state index contributed by atoms with van der Waals surface area (Å²) >= 11 is 0.418. The molecule has 3 rings (SSSR count). The van der Waals surface area contributed by atoms with Crippen LogP contribution in [0, 0.1) is 11.7 Å². The molecule has 8 heteroatoms. The van der Waals surface area contributed by atoms with E-state index in [1.165, 1.54) is 47.4 Å². The number of hydrogen-bond donors (Lipinski definition) is 1. The van der Waals surface area contributed by atoms with Crippen LogP contribution in [-0.4, -0.2) is 24.1 Å². The van der Waals surface area contributed by atoms with Crippen LogP contribution < -0.4 is 10.2 Å². The van der Waals surface area contributed by atoms with Gasteiger partial charge in [0.1, 0.15) is 5.82 Å². The summed E-state index contributed by atoms with van der Waals surface area (Å²) < 4.78 is 38.5. The molecule has 4 nitrogen and oxygen atoms in total. The van der Waals surface area contributed by atoms with Crippen LogP contribution in [0.1, 0.15) is 6.42 Å². The van der Waals surface area contributed by atoms with Gasteiger partial charge in [0.05, 0.1) is 11.6 Å². The highest BCUT2D eigenvalue weighted by Crippen LogP contribution is 2.29. The predicted molar refractivity (Wildman–Crippen MR) is 93.8 cm³/mol. The molecule has 136 valence electrons. The second-order valence-corrected chi connectivity index (χ2v) is 6.81. The lowest BCUT2D eigenvalue weighted by molar-refractivity contribution is -0.122. The highest BCUT2D eigenvalue weighted by molar-refractivity contribution is 7.99. The van der Waals surface area contributed by atoms with Gasteiger partial charge < -0.3 is 10.2 Å². The second-order valence-electron chi connectivity index (χ2n) is 5.75. The highest BCUT2D eigenvalue weighted by atomic mass is 32.2. The summed E-state index contributed by atoms with van der Waals surface area (Å²) in [5, 5.41) is 2.66. The van der Waals surface area contributed by atoms with Crippen LogP contribution in [-0.2, 0) is 9.59 Å². The van der Waals surface area contributed by atoms with E-state index in [-0.39, 0.29) is 30.5 Å². The normalized spacial score (nSPS) is 17.0. The number of amides is 2. The molecule has 2 aromatic carbocycles. The number of carbonyl (C=O) groups excluding carboxylic acids is 2. The molecule has 2 aromatic rings. The molecule has 0 aromatic heterocycles. The van der Waals surface area contributed by atoms with E-state index in [2.05, 4.69) is 5.32 Å². The van der Waals surface area contributed by atoms with Crippen molar-refractivity contribution in [1.29, 1.82) is 0 Å². The summed E-state index contributed by atoms with van der Waals surface area (Å²) in [5.41, 5.74) is 0.603. The number of alkyl halides is 2. The summed E-state index contributed by atoms with van der Waals surface area (Å²) in [5.74, 6) is -4.33. The van der Waals surface area contributed by atoms with Crippen LogP contribution >= 0.6 is 11.8 Å². The van der Waals surface area contributed by atoms with E-state index in [0.717, 1.165) is 0 Å². The van der Waals surface area contributed by atoms with Crippen molar-refractivity contribution in [1.82, 2.24) is 0 Å². The van der Waals surface area contributed by atoms with E-state index in [9.17, 15) is 22.8 Å². The van der Waals surface area contributed by atoms with Crippen LogP contribution in [0.3, 0.4) is 0 Å². The molecule has 0 bridgehead atoms. The largest absolute Gasteiger partial charge is 0.326 e. The predicted octanol–water partition coefficient (Wildman–Crippen LogP) is 4.13. The topological polar surface area (TPSA) is 49.4 Å². The van der Waals surface area contributed by atoms with Crippen molar-refractivity contribution in [2.75, 3.05) is 16.8 Å². The first kappa shape index (κ1) is 18.3.